The van der Waals surface area contributed by atoms with Gasteiger partial charge in [0.1, 0.15) is 0 Å². The molecular weight excluding hydrogens is 260 g/mol. The predicted molar refractivity (Wildman–Crippen MR) is 89.1 cm³/mol. The molecule has 0 bridgehead atoms. The van der Waals surface area contributed by atoms with Gasteiger partial charge in [-0.2, -0.15) is 0 Å². The second-order valence-electron chi connectivity index (χ2n) is 5.28. The van der Waals surface area contributed by atoms with Gasteiger partial charge < -0.3 is 5.32 Å². The zero-order chi connectivity index (χ0) is 15.4. The Bertz CT molecular complexity index is 629. The van der Waals surface area contributed by atoms with Gasteiger partial charge in [-0.05, 0) is 56.5 Å². The van der Waals surface area contributed by atoms with Crippen LogP contribution in [0.3, 0.4) is 0 Å². The number of amides is 2. The fraction of sp³-hybridized carbons (Fsp3) is 0.278. The fourth-order valence-corrected chi connectivity index (χ4v) is 2.43. The summed E-state index contributed by atoms with van der Waals surface area (Å²) in [5.74, 6) is 0. The van der Waals surface area contributed by atoms with E-state index in [0.29, 0.717) is 6.54 Å². The molecule has 0 atom stereocenters. The van der Waals surface area contributed by atoms with E-state index in [1.165, 1.54) is 0 Å². The van der Waals surface area contributed by atoms with E-state index in [9.17, 15) is 4.79 Å². The normalized spacial score (nSPS) is 10.3. The van der Waals surface area contributed by atoms with Gasteiger partial charge >= 0.3 is 6.03 Å². The van der Waals surface area contributed by atoms with Gasteiger partial charge in [-0.3, -0.25) is 4.90 Å². The lowest BCUT2D eigenvalue weighted by molar-refractivity contribution is 0.257. The van der Waals surface area contributed by atoms with E-state index >= 15 is 0 Å². The summed E-state index contributed by atoms with van der Waals surface area (Å²) in [5.41, 5.74) is 5.10. The maximum Gasteiger partial charge on any atom is 0.326 e. The first-order chi connectivity index (χ1) is 10.0. The lowest BCUT2D eigenvalue weighted by Gasteiger charge is -2.23. The molecule has 0 unspecified atom stereocenters. The molecule has 2 amide bonds. The van der Waals surface area contributed by atoms with Gasteiger partial charge in [0.05, 0.1) is 0 Å². The summed E-state index contributed by atoms with van der Waals surface area (Å²) in [4.78, 5) is 14.3. The number of hydrogen-bond donors (Lipinski definition) is 1. The van der Waals surface area contributed by atoms with Crippen molar-refractivity contribution in [2.45, 2.75) is 27.7 Å². The summed E-state index contributed by atoms with van der Waals surface area (Å²) in [5, 5.41) is 3.03. The Kier molecular flexibility index (Phi) is 4.63. The molecule has 3 nitrogen and oxygen atoms in total. The van der Waals surface area contributed by atoms with Gasteiger partial charge in [0.15, 0.2) is 0 Å². The third-order valence-corrected chi connectivity index (χ3v) is 3.59. The number of anilines is 2. The zero-order valence-electron chi connectivity index (χ0n) is 13.1. The Labute approximate surface area is 126 Å². The van der Waals surface area contributed by atoms with Crippen LogP contribution in [0.2, 0.25) is 0 Å². The largest absolute Gasteiger partial charge is 0.326 e. The summed E-state index contributed by atoms with van der Waals surface area (Å²) in [6, 6.07) is 13.9. The van der Waals surface area contributed by atoms with Crippen molar-refractivity contribution in [3.8, 4) is 0 Å². The average Bonchev–Trinajstić information content (AvgIpc) is 2.44. The number of aryl methyl sites for hydroxylation is 3. The van der Waals surface area contributed by atoms with Gasteiger partial charge in [0.25, 0.3) is 0 Å². The molecule has 110 valence electrons. The molecule has 0 spiro atoms. The van der Waals surface area contributed by atoms with E-state index in [2.05, 4.69) is 5.32 Å². The molecule has 0 aliphatic rings. The standard InChI is InChI=1S/C18H22N2O/c1-5-20(16-11-6-8-13(2)12-16)18(21)19-17-14(3)9-7-10-15(17)4/h6-12H,5H2,1-4H3,(H,19,21). The molecule has 2 aromatic carbocycles. The van der Waals surface area contributed by atoms with E-state index < -0.39 is 0 Å². The van der Waals surface area contributed by atoms with Crippen molar-refractivity contribution in [3.63, 3.8) is 0 Å². The number of rotatable bonds is 3. The van der Waals surface area contributed by atoms with Crippen LogP contribution in [0.15, 0.2) is 42.5 Å². The third-order valence-electron chi connectivity index (χ3n) is 3.59. The predicted octanol–water partition coefficient (Wildman–Crippen LogP) is 4.67. The molecule has 0 aliphatic heterocycles. The molecule has 0 aromatic heterocycles. The number of carbonyl (C=O) groups is 1. The summed E-state index contributed by atoms with van der Waals surface area (Å²) in [6.45, 7) is 8.64. The number of para-hydroxylation sites is 1. The highest BCUT2D eigenvalue weighted by atomic mass is 16.2. The molecule has 1 N–H and O–H groups in total. The summed E-state index contributed by atoms with van der Waals surface area (Å²) < 4.78 is 0. The van der Waals surface area contributed by atoms with Crippen molar-refractivity contribution in [3.05, 3.63) is 59.2 Å². The molecule has 2 aromatic rings. The van der Waals surface area contributed by atoms with Crippen LogP contribution < -0.4 is 10.2 Å². The number of carbonyl (C=O) groups excluding carboxylic acids is 1. The minimum Gasteiger partial charge on any atom is -0.307 e. The lowest BCUT2D eigenvalue weighted by Crippen LogP contribution is -2.35. The molecule has 0 radical (unpaired) electrons. The summed E-state index contributed by atoms with van der Waals surface area (Å²) in [7, 11) is 0. The Hall–Kier alpha value is -2.29. The van der Waals surface area contributed by atoms with Gasteiger partial charge in [0.2, 0.25) is 0 Å². The molecule has 0 heterocycles. The molecule has 0 aliphatic carbocycles. The summed E-state index contributed by atoms with van der Waals surface area (Å²) >= 11 is 0. The number of hydrogen-bond acceptors (Lipinski definition) is 1. The zero-order valence-corrected chi connectivity index (χ0v) is 13.1. The van der Waals surface area contributed by atoms with Crippen molar-refractivity contribution in [2.75, 3.05) is 16.8 Å². The van der Waals surface area contributed by atoms with E-state index in [0.717, 1.165) is 28.1 Å². The van der Waals surface area contributed by atoms with Gasteiger partial charge in [-0.15, -0.1) is 0 Å². The number of benzene rings is 2. The first-order valence-corrected chi connectivity index (χ1v) is 7.24. The Balaban J connectivity index is 2.25. The van der Waals surface area contributed by atoms with E-state index in [-0.39, 0.29) is 6.03 Å². The van der Waals surface area contributed by atoms with Crippen LogP contribution in [0.5, 0.6) is 0 Å². The van der Waals surface area contributed by atoms with Crippen LogP contribution in [0, 0.1) is 20.8 Å². The van der Waals surface area contributed by atoms with Crippen LogP contribution in [0.1, 0.15) is 23.6 Å². The van der Waals surface area contributed by atoms with Crippen LogP contribution in [-0.4, -0.2) is 12.6 Å². The second kappa shape index (κ2) is 6.44. The maximum absolute atomic E-state index is 12.6. The number of urea groups is 1. The topological polar surface area (TPSA) is 32.3 Å². The van der Waals surface area contributed by atoms with E-state index in [4.69, 9.17) is 0 Å². The van der Waals surface area contributed by atoms with Gasteiger partial charge in [-0.1, -0.05) is 30.3 Å². The number of nitrogens with zero attached hydrogens (tertiary/aromatic N) is 1. The average molecular weight is 282 g/mol. The first kappa shape index (κ1) is 15.1. The van der Waals surface area contributed by atoms with Crippen LogP contribution in [0.4, 0.5) is 16.2 Å². The monoisotopic (exact) mass is 282 g/mol. The Morgan fingerprint density at radius 1 is 1.05 bits per heavy atom. The maximum atomic E-state index is 12.6. The van der Waals surface area contributed by atoms with Crippen LogP contribution in [-0.2, 0) is 0 Å². The second-order valence-corrected chi connectivity index (χ2v) is 5.28. The van der Waals surface area contributed by atoms with Crippen molar-refractivity contribution < 1.29 is 4.79 Å². The van der Waals surface area contributed by atoms with Crippen molar-refractivity contribution in [1.82, 2.24) is 0 Å². The van der Waals surface area contributed by atoms with Gasteiger partial charge in [0, 0.05) is 17.9 Å². The minimum atomic E-state index is -0.0968. The fourth-order valence-electron chi connectivity index (χ4n) is 2.43. The van der Waals surface area contributed by atoms with Crippen LogP contribution >= 0.6 is 0 Å². The SMILES string of the molecule is CCN(C(=O)Nc1c(C)cccc1C)c1cccc(C)c1. The summed E-state index contributed by atoms with van der Waals surface area (Å²) in [6.07, 6.45) is 0. The quantitative estimate of drug-likeness (QED) is 0.871. The Morgan fingerprint density at radius 3 is 2.24 bits per heavy atom. The molecular formula is C18H22N2O. The smallest absolute Gasteiger partial charge is 0.307 e. The van der Waals surface area contributed by atoms with Crippen molar-refractivity contribution in [2.24, 2.45) is 0 Å². The minimum absolute atomic E-state index is 0.0968. The molecule has 0 fully saturated rings. The lowest BCUT2D eigenvalue weighted by atomic mass is 10.1. The molecule has 0 saturated heterocycles. The molecule has 3 heteroatoms. The van der Waals surface area contributed by atoms with E-state index in [1.54, 1.807) is 4.90 Å². The number of nitrogens with one attached hydrogen (secondary N) is 1. The highest BCUT2D eigenvalue weighted by Gasteiger charge is 2.15. The van der Waals surface area contributed by atoms with Gasteiger partial charge in [-0.25, -0.2) is 4.79 Å². The van der Waals surface area contributed by atoms with Crippen LogP contribution in [0.25, 0.3) is 0 Å². The highest BCUT2D eigenvalue weighted by Crippen LogP contribution is 2.22. The highest BCUT2D eigenvalue weighted by molar-refractivity contribution is 6.02. The van der Waals surface area contributed by atoms with Crippen molar-refractivity contribution in [1.29, 1.82) is 0 Å². The molecule has 2 rings (SSSR count). The van der Waals surface area contributed by atoms with Crippen molar-refractivity contribution >= 4 is 17.4 Å². The Morgan fingerprint density at radius 2 is 1.67 bits per heavy atom. The first-order valence-electron chi connectivity index (χ1n) is 7.24. The molecule has 21 heavy (non-hydrogen) atoms. The molecule has 0 saturated carbocycles. The van der Waals surface area contributed by atoms with E-state index in [1.807, 2.05) is 70.2 Å². The third kappa shape index (κ3) is 3.43.